The molecule has 0 unspecified atom stereocenters. The normalized spacial score (nSPS) is 16.5. The van der Waals surface area contributed by atoms with Gasteiger partial charge in [0.2, 0.25) is 0 Å². The summed E-state index contributed by atoms with van der Waals surface area (Å²) >= 11 is 0. The molecule has 2 rings (SSSR count). The fourth-order valence-electron chi connectivity index (χ4n) is 2.93. The van der Waals surface area contributed by atoms with Crippen LogP contribution in [0.3, 0.4) is 0 Å². The predicted octanol–water partition coefficient (Wildman–Crippen LogP) is 4.57. The van der Waals surface area contributed by atoms with Gasteiger partial charge in [-0.05, 0) is 29.9 Å². The lowest BCUT2D eigenvalue weighted by Gasteiger charge is -2.35. The van der Waals surface area contributed by atoms with Gasteiger partial charge in [-0.2, -0.15) is 0 Å². The highest BCUT2D eigenvalue weighted by molar-refractivity contribution is 5.85. The van der Waals surface area contributed by atoms with Crippen molar-refractivity contribution in [3.05, 3.63) is 48.0 Å². The van der Waals surface area contributed by atoms with Crippen LogP contribution in [0.5, 0.6) is 0 Å². The molecular weight excluding hydrogens is 315 g/mol. The first kappa shape index (κ1) is 21.5. The Bertz CT molecular complexity index is 412. The molecule has 0 aliphatic carbocycles. The molecule has 1 heterocycles. The molecule has 126 valence electrons. The quantitative estimate of drug-likeness (QED) is 0.760. The Kier molecular flexibility index (Phi) is 10.8. The number of rotatable bonds is 6. The molecule has 0 aromatic heterocycles. The third-order valence-corrected chi connectivity index (χ3v) is 4.22. The molecule has 1 aliphatic heterocycles. The van der Waals surface area contributed by atoms with E-state index < -0.39 is 0 Å². The number of nitrogens with one attached hydrogen (secondary N) is 1. The second-order valence-electron chi connectivity index (χ2n) is 5.99. The van der Waals surface area contributed by atoms with Crippen molar-refractivity contribution >= 4 is 24.8 Å². The number of hydrogen-bond acceptors (Lipinski definition) is 2. The zero-order valence-electron chi connectivity index (χ0n) is 13.8. The summed E-state index contributed by atoms with van der Waals surface area (Å²) in [5.41, 5.74) is 2.88. The van der Waals surface area contributed by atoms with Crippen molar-refractivity contribution in [2.24, 2.45) is 0 Å². The van der Waals surface area contributed by atoms with Crippen LogP contribution >= 0.6 is 24.8 Å². The second-order valence-corrected chi connectivity index (χ2v) is 5.99. The summed E-state index contributed by atoms with van der Waals surface area (Å²) in [6, 6.07) is 9.78. The van der Waals surface area contributed by atoms with E-state index in [-0.39, 0.29) is 24.8 Å². The van der Waals surface area contributed by atoms with Crippen LogP contribution in [-0.4, -0.2) is 31.1 Å². The number of halogens is 2. The minimum atomic E-state index is 0. The molecule has 1 saturated heterocycles. The van der Waals surface area contributed by atoms with E-state index >= 15 is 0 Å². The van der Waals surface area contributed by atoms with E-state index in [1.165, 1.54) is 17.5 Å². The van der Waals surface area contributed by atoms with Crippen molar-refractivity contribution in [1.29, 1.82) is 0 Å². The Hall–Kier alpha value is -0.540. The van der Waals surface area contributed by atoms with Crippen LogP contribution in [0.2, 0.25) is 0 Å². The van der Waals surface area contributed by atoms with Crippen molar-refractivity contribution in [1.82, 2.24) is 10.2 Å². The molecule has 1 aromatic rings. The van der Waals surface area contributed by atoms with Gasteiger partial charge in [0.05, 0.1) is 0 Å². The number of benzene rings is 1. The van der Waals surface area contributed by atoms with E-state index in [0.29, 0.717) is 12.0 Å². The highest BCUT2D eigenvalue weighted by Gasteiger charge is 2.21. The summed E-state index contributed by atoms with van der Waals surface area (Å²) in [5.74, 6) is 0.606. The third-order valence-electron chi connectivity index (χ3n) is 4.22. The minimum Gasteiger partial charge on any atom is -0.314 e. The number of piperazine rings is 1. The molecule has 0 bridgehead atoms. The van der Waals surface area contributed by atoms with Crippen LogP contribution in [0.4, 0.5) is 0 Å². The van der Waals surface area contributed by atoms with E-state index in [9.17, 15) is 0 Å². The summed E-state index contributed by atoms with van der Waals surface area (Å²) in [4.78, 5) is 2.62. The summed E-state index contributed by atoms with van der Waals surface area (Å²) in [6.07, 6.45) is 4.29. The third kappa shape index (κ3) is 5.92. The van der Waals surface area contributed by atoms with E-state index in [4.69, 9.17) is 0 Å². The van der Waals surface area contributed by atoms with Crippen LogP contribution < -0.4 is 5.32 Å². The average molecular weight is 345 g/mol. The van der Waals surface area contributed by atoms with Crippen molar-refractivity contribution in [2.75, 3.05) is 26.2 Å². The van der Waals surface area contributed by atoms with Gasteiger partial charge in [0, 0.05) is 32.2 Å². The van der Waals surface area contributed by atoms with Crippen molar-refractivity contribution in [2.45, 2.75) is 38.6 Å². The lowest BCUT2D eigenvalue weighted by Crippen LogP contribution is -2.45. The highest BCUT2D eigenvalue weighted by Crippen LogP contribution is 2.27. The molecule has 0 radical (unpaired) electrons. The van der Waals surface area contributed by atoms with E-state index in [1.807, 2.05) is 6.08 Å². The van der Waals surface area contributed by atoms with Crippen LogP contribution in [0.15, 0.2) is 36.9 Å². The van der Waals surface area contributed by atoms with Gasteiger partial charge in [0.1, 0.15) is 0 Å². The van der Waals surface area contributed by atoms with Gasteiger partial charge in [-0.25, -0.2) is 0 Å². The Morgan fingerprint density at radius 1 is 1.09 bits per heavy atom. The maximum atomic E-state index is 3.88. The van der Waals surface area contributed by atoms with Crippen molar-refractivity contribution in [3.63, 3.8) is 0 Å². The van der Waals surface area contributed by atoms with Crippen LogP contribution in [0, 0.1) is 0 Å². The molecule has 4 heteroatoms. The van der Waals surface area contributed by atoms with E-state index in [0.717, 1.165) is 32.6 Å². The molecule has 1 fully saturated rings. The van der Waals surface area contributed by atoms with Crippen LogP contribution in [0.25, 0.3) is 0 Å². The molecule has 1 aliphatic rings. The molecular formula is C18H30Cl2N2. The average Bonchev–Trinajstić information content (AvgIpc) is 2.49. The molecule has 1 aromatic carbocycles. The smallest absolute Gasteiger partial charge is 0.0352 e. The maximum Gasteiger partial charge on any atom is 0.0352 e. The summed E-state index contributed by atoms with van der Waals surface area (Å²) in [7, 11) is 0. The minimum absolute atomic E-state index is 0. The highest BCUT2D eigenvalue weighted by atomic mass is 35.5. The van der Waals surface area contributed by atoms with Crippen LogP contribution in [-0.2, 0) is 0 Å². The topological polar surface area (TPSA) is 15.3 Å². The first-order valence-electron chi connectivity index (χ1n) is 7.88. The molecule has 2 nitrogen and oxygen atoms in total. The lowest BCUT2D eigenvalue weighted by atomic mass is 9.95. The van der Waals surface area contributed by atoms with Gasteiger partial charge in [-0.3, -0.25) is 4.90 Å². The summed E-state index contributed by atoms with van der Waals surface area (Å²) < 4.78 is 0. The Labute approximate surface area is 148 Å². The Balaban J connectivity index is 0.00000220. The van der Waals surface area contributed by atoms with Gasteiger partial charge >= 0.3 is 0 Å². The van der Waals surface area contributed by atoms with E-state index in [2.05, 4.69) is 54.9 Å². The fourth-order valence-corrected chi connectivity index (χ4v) is 2.93. The van der Waals surface area contributed by atoms with E-state index in [1.54, 1.807) is 0 Å². The van der Waals surface area contributed by atoms with Gasteiger partial charge < -0.3 is 5.32 Å². The van der Waals surface area contributed by atoms with Gasteiger partial charge in [0.15, 0.2) is 0 Å². The number of nitrogens with zero attached hydrogens (tertiary/aromatic N) is 1. The molecule has 0 spiro atoms. The van der Waals surface area contributed by atoms with Crippen LogP contribution in [0.1, 0.15) is 49.8 Å². The summed E-state index contributed by atoms with van der Waals surface area (Å²) in [5, 5.41) is 3.44. The number of allylic oxidation sites excluding steroid dienone is 1. The molecule has 0 saturated carbocycles. The molecule has 1 atom stereocenters. The fraction of sp³-hybridized carbons (Fsp3) is 0.556. The number of hydrogen-bond donors (Lipinski definition) is 1. The Morgan fingerprint density at radius 2 is 1.64 bits per heavy atom. The maximum absolute atomic E-state index is 3.88. The molecule has 1 N–H and O–H groups in total. The summed E-state index contributed by atoms with van der Waals surface area (Å²) in [6.45, 7) is 12.9. The molecule has 22 heavy (non-hydrogen) atoms. The second kappa shape index (κ2) is 11.1. The predicted molar refractivity (Wildman–Crippen MR) is 102 cm³/mol. The van der Waals surface area contributed by atoms with Crippen molar-refractivity contribution < 1.29 is 0 Å². The SMILES string of the molecule is C=CCC[C@H](c1ccc(C(C)C)cc1)N1CCNCC1.Cl.Cl. The first-order valence-corrected chi connectivity index (χ1v) is 7.88. The first-order chi connectivity index (χ1) is 9.72. The lowest BCUT2D eigenvalue weighted by molar-refractivity contribution is 0.166. The standard InChI is InChI=1S/C18H28N2.2ClH/c1-4-5-6-18(20-13-11-19-12-14-20)17-9-7-16(8-10-17)15(2)3;;/h4,7-10,15,18-19H,1,5-6,11-14H2,2-3H3;2*1H/t18-;;/m1../s1. The monoisotopic (exact) mass is 344 g/mol. The molecule has 0 amide bonds. The van der Waals surface area contributed by atoms with Crippen molar-refractivity contribution in [3.8, 4) is 0 Å². The van der Waals surface area contributed by atoms with Gasteiger partial charge in [0.25, 0.3) is 0 Å². The van der Waals surface area contributed by atoms with Gasteiger partial charge in [-0.1, -0.05) is 44.2 Å². The zero-order chi connectivity index (χ0) is 14.4. The largest absolute Gasteiger partial charge is 0.314 e. The Morgan fingerprint density at radius 3 is 2.14 bits per heavy atom. The zero-order valence-corrected chi connectivity index (χ0v) is 15.4. The van der Waals surface area contributed by atoms with Gasteiger partial charge in [-0.15, -0.1) is 31.4 Å².